The highest BCUT2D eigenvalue weighted by Crippen LogP contribution is 2.12. The Kier molecular flexibility index (Phi) is 7.25. The summed E-state index contributed by atoms with van der Waals surface area (Å²) in [5, 5.41) is 0. The molecular formula is C19H28N2O3. The summed E-state index contributed by atoms with van der Waals surface area (Å²) < 4.78 is 4.92. The van der Waals surface area contributed by atoms with Crippen LogP contribution in [0.15, 0.2) is 24.3 Å². The third-order valence-electron chi connectivity index (χ3n) is 4.46. The van der Waals surface area contributed by atoms with Gasteiger partial charge >= 0.3 is 5.97 Å². The number of carbonyl (C=O) groups excluding carboxylic acids is 2. The van der Waals surface area contributed by atoms with Gasteiger partial charge in [-0.1, -0.05) is 19.1 Å². The molecule has 0 saturated carbocycles. The minimum Gasteiger partial charge on any atom is -0.466 e. The maximum atomic E-state index is 12.5. The standard InChI is InChI=1S/C19H28N2O3/c1-3-20-12-14-21(15-13-20)19(23)17-10-8-16(9-11-17)6-5-7-18(22)24-4-2/h8-11H,3-7,12-15H2,1-2H3. The number of rotatable bonds is 7. The van der Waals surface area contributed by atoms with E-state index >= 15 is 0 Å². The molecule has 1 amide bonds. The third-order valence-corrected chi connectivity index (χ3v) is 4.46. The van der Waals surface area contributed by atoms with Crippen LogP contribution in [0.1, 0.15) is 42.6 Å². The summed E-state index contributed by atoms with van der Waals surface area (Å²) in [6.45, 7) is 8.95. The van der Waals surface area contributed by atoms with E-state index in [0.717, 1.165) is 56.7 Å². The predicted octanol–water partition coefficient (Wildman–Crippen LogP) is 2.35. The number of aryl methyl sites for hydroxylation is 1. The van der Waals surface area contributed by atoms with Crippen molar-refractivity contribution in [2.24, 2.45) is 0 Å². The van der Waals surface area contributed by atoms with Gasteiger partial charge in [-0.15, -0.1) is 0 Å². The molecule has 1 saturated heterocycles. The highest BCUT2D eigenvalue weighted by molar-refractivity contribution is 5.94. The average molecular weight is 332 g/mol. The topological polar surface area (TPSA) is 49.9 Å². The maximum absolute atomic E-state index is 12.5. The van der Waals surface area contributed by atoms with Crippen molar-refractivity contribution in [2.45, 2.75) is 33.1 Å². The Hall–Kier alpha value is -1.88. The molecule has 1 aliphatic heterocycles. The Morgan fingerprint density at radius 3 is 2.29 bits per heavy atom. The molecule has 0 aromatic heterocycles. The van der Waals surface area contributed by atoms with E-state index in [9.17, 15) is 9.59 Å². The molecule has 0 unspecified atom stereocenters. The number of piperazine rings is 1. The van der Waals surface area contributed by atoms with E-state index in [1.807, 2.05) is 36.1 Å². The van der Waals surface area contributed by atoms with Gasteiger partial charge in [0.2, 0.25) is 0 Å². The lowest BCUT2D eigenvalue weighted by molar-refractivity contribution is -0.143. The van der Waals surface area contributed by atoms with Crippen LogP contribution in [0.2, 0.25) is 0 Å². The molecule has 0 aliphatic carbocycles. The van der Waals surface area contributed by atoms with Crippen molar-refractivity contribution in [1.29, 1.82) is 0 Å². The summed E-state index contributed by atoms with van der Waals surface area (Å²) in [4.78, 5) is 28.1. The molecule has 0 spiro atoms. The Labute approximate surface area is 144 Å². The number of likely N-dealkylation sites (N-methyl/N-ethyl adjacent to an activating group) is 1. The van der Waals surface area contributed by atoms with E-state index in [1.54, 1.807) is 0 Å². The normalized spacial score (nSPS) is 15.3. The molecule has 1 fully saturated rings. The predicted molar refractivity (Wildman–Crippen MR) is 94.0 cm³/mol. The van der Waals surface area contributed by atoms with Gasteiger partial charge in [-0.25, -0.2) is 0 Å². The number of carbonyl (C=O) groups is 2. The molecule has 1 aromatic rings. The SMILES string of the molecule is CCOC(=O)CCCc1ccc(C(=O)N2CCN(CC)CC2)cc1. The number of esters is 1. The second kappa shape index (κ2) is 9.42. The molecule has 5 nitrogen and oxygen atoms in total. The molecular weight excluding hydrogens is 304 g/mol. The minimum absolute atomic E-state index is 0.115. The number of ether oxygens (including phenoxy) is 1. The second-order valence-electron chi connectivity index (χ2n) is 6.08. The molecule has 0 atom stereocenters. The summed E-state index contributed by atoms with van der Waals surface area (Å²) in [6, 6.07) is 7.77. The fraction of sp³-hybridized carbons (Fsp3) is 0.579. The van der Waals surface area contributed by atoms with E-state index in [2.05, 4.69) is 11.8 Å². The van der Waals surface area contributed by atoms with Crippen molar-refractivity contribution in [3.63, 3.8) is 0 Å². The van der Waals surface area contributed by atoms with Gasteiger partial charge in [0.15, 0.2) is 0 Å². The Balaban J connectivity index is 1.81. The molecule has 2 rings (SSSR count). The smallest absolute Gasteiger partial charge is 0.305 e. The Morgan fingerprint density at radius 1 is 1.04 bits per heavy atom. The lowest BCUT2D eigenvalue weighted by Crippen LogP contribution is -2.48. The molecule has 1 heterocycles. The number of nitrogens with zero attached hydrogens (tertiary/aromatic N) is 2. The van der Waals surface area contributed by atoms with Gasteiger partial charge in [-0.2, -0.15) is 0 Å². The zero-order chi connectivity index (χ0) is 17.4. The average Bonchev–Trinajstić information content (AvgIpc) is 2.62. The monoisotopic (exact) mass is 332 g/mol. The van der Waals surface area contributed by atoms with Gasteiger partial charge in [-0.3, -0.25) is 9.59 Å². The van der Waals surface area contributed by atoms with Crippen molar-refractivity contribution >= 4 is 11.9 Å². The molecule has 0 radical (unpaired) electrons. The summed E-state index contributed by atoms with van der Waals surface area (Å²) in [6.07, 6.45) is 2.03. The Morgan fingerprint density at radius 2 is 1.71 bits per heavy atom. The van der Waals surface area contributed by atoms with Crippen LogP contribution in [0.5, 0.6) is 0 Å². The minimum atomic E-state index is -0.143. The van der Waals surface area contributed by atoms with Crippen LogP contribution in [-0.2, 0) is 16.0 Å². The Bertz CT molecular complexity index is 534. The second-order valence-corrected chi connectivity index (χ2v) is 6.08. The molecule has 0 bridgehead atoms. The number of amides is 1. The van der Waals surface area contributed by atoms with Crippen LogP contribution in [0.3, 0.4) is 0 Å². The fourth-order valence-corrected chi connectivity index (χ4v) is 2.93. The number of hydrogen-bond donors (Lipinski definition) is 0. The zero-order valence-corrected chi connectivity index (χ0v) is 14.8. The fourth-order valence-electron chi connectivity index (χ4n) is 2.93. The van der Waals surface area contributed by atoms with Crippen molar-refractivity contribution in [3.05, 3.63) is 35.4 Å². The van der Waals surface area contributed by atoms with Crippen LogP contribution in [0.25, 0.3) is 0 Å². The van der Waals surface area contributed by atoms with Crippen molar-refractivity contribution in [3.8, 4) is 0 Å². The van der Waals surface area contributed by atoms with Crippen LogP contribution in [0, 0.1) is 0 Å². The maximum Gasteiger partial charge on any atom is 0.305 e. The number of benzene rings is 1. The van der Waals surface area contributed by atoms with Crippen molar-refractivity contribution in [1.82, 2.24) is 9.80 Å². The van der Waals surface area contributed by atoms with Crippen molar-refractivity contribution < 1.29 is 14.3 Å². The summed E-state index contributed by atoms with van der Waals surface area (Å²) in [5.74, 6) is -0.0284. The first-order chi connectivity index (χ1) is 11.6. The van der Waals surface area contributed by atoms with Gasteiger partial charge in [0, 0.05) is 38.2 Å². The van der Waals surface area contributed by atoms with Crippen LogP contribution in [0.4, 0.5) is 0 Å². The largest absolute Gasteiger partial charge is 0.466 e. The van der Waals surface area contributed by atoms with Gasteiger partial charge in [0.1, 0.15) is 0 Å². The highest BCUT2D eigenvalue weighted by atomic mass is 16.5. The highest BCUT2D eigenvalue weighted by Gasteiger charge is 2.21. The van der Waals surface area contributed by atoms with Crippen LogP contribution < -0.4 is 0 Å². The third kappa shape index (κ3) is 5.34. The van der Waals surface area contributed by atoms with Gasteiger partial charge in [0.05, 0.1) is 6.61 Å². The van der Waals surface area contributed by atoms with Gasteiger partial charge in [-0.05, 0) is 44.0 Å². The first kappa shape index (κ1) is 18.5. The molecule has 5 heteroatoms. The van der Waals surface area contributed by atoms with Crippen molar-refractivity contribution in [2.75, 3.05) is 39.3 Å². The van der Waals surface area contributed by atoms with Gasteiger partial charge < -0.3 is 14.5 Å². The first-order valence-corrected chi connectivity index (χ1v) is 8.90. The van der Waals surface area contributed by atoms with E-state index < -0.39 is 0 Å². The quantitative estimate of drug-likeness (QED) is 0.719. The van der Waals surface area contributed by atoms with E-state index in [4.69, 9.17) is 4.74 Å². The summed E-state index contributed by atoms with van der Waals surface area (Å²) in [5.41, 5.74) is 1.89. The van der Waals surface area contributed by atoms with E-state index in [-0.39, 0.29) is 11.9 Å². The molecule has 1 aromatic carbocycles. The summed E-state index contributed by atoms with van der Waals surface area (Å²) >= 11 is 0. The zero-order valence-electron chi connectivity index (χ0n) is 14.8. The molecule has 0 N–H and O–H groups in total. The first-order valence-electron chi connectivity index (χ1n) is 8.90. The molecule has 24 heavy (non-hydrogen) atoms. The lowest BCUT2D eigenvalue weighted by Gasteiger charge is -2.34. The molecule has 132 valence electrons. The van der Waals surface area contributed by atoms with Gasteiger partial charge in [0.25, 0.3) is 5.91 Å². The van der Waals surface area contributed by atoms with Crippen LogP contribution in [-0.4, -0.2) is 61.0 Å². The van der Waals surface area contributed by atoms with E-state index in [1.165, 1.54) is 0 Å². The lowest BCUT2D eigenvalue weighted by atomic mass is 10.1. The number of hydrogen-bond acceptors (Lipinski definition) is 4. The van der Waals surface area contributed by atoms with E-state index in [0.29, 0.717) is 13.0 Å². The molecule has 1 aliphatic rings. The van der Waals surface area contributed by atoms with Crippen LogP contribution >= 0.6 is 0 Å². The summed E-state index contributed by atoms with van der Waals surface area (Å²) in [7, 11) is 0.